The van der Waals surface area contributed by atoms with E-state index >= 15 is 0 Å². The maximum absolute atomic E-state index is 11.8. The molecule has 0 amide bonds. The average molecular weight is 275 g/mol. The Morgan fingerprint density at radius 3 is 2.76 bits per heavy atom. The van der Waals surface area contributed by atoms with E-state index in [1.807, 2.05) is 6.07 Å². The van der Waals surface area contributed by atoms with Crippen molar-refractivity contribution in [3.63, 3.8) is 0 Å². The van der Waals surface area contributed by atoms with E-state index in [1.54, 1.807) is 0 Å². The van der Waals surface area contributed by atoms with Crippen molar-refractivity contribution in [3.8, 4) is 6.07 Å². The molecule has 5 nitrogen and oxygen atoms in total. The second kappa shape index (κ2) is 5.47. The van der Waals surface area contributed by atoms with Gasteiger partial charge in [0.15, 0.2) is 0 Å². The summed E-state index contributed by atoms with van der Waals surface area (Å²) >= 11 is 5.76. The van der Waals surface area contributed by atoms with Crippen LogP contribution >= 0.6 is 11.6 Å². The van der Waals surface area contributed by atoms with Gasteiger partial charge in [0.25, 0.3) is 0 Å². The maximum atomic E-state index is 11.8. The van der Waals surface area contributed by atoms with Gasteiger partial charge in [-0.1, -0.05) is 11.6 Å². The fourth-order valence-electron chi connectivity index (χ4n) is 1.09. The Bertz CT molecular complexity index is 549. The van der Waals surface area contributed by atoms with Gasteiger partial charge in [0.1, 0.15) is 4.90 Å². The van der Waals surface area contributed by atoms with E-state index in [4.69, 9.17) is 22.0 Å². The summed E-state index contributed by atoms with van der Waals surface area (Å²) in [4.78, 5) is -0.168. The molecule has 2 N–H and O–H groups in total. The van der Waals surface area contributed by atoms with Crippen molar-refractivity contribution in [1.82, 2.24) is 4.72 Å². The molecule has 1 unspecified atom stereocenters. The first-order chi connectivity index (χ1) is 7.86. The molecule has 0 aliphatic heterocycles. The van der Waals surface area contributed by atoms with Crippen LogP contribution in [0.5, 0.6) is 0 Å². The number of rotatable bonds is 4. The van der Waals surface area contributed by atoms with Crippen molar-refractivity contribution in [1.29, 1.82) is 5.26 Å². The molecule has 7 heteroatoms. The number of hydrogen-bond donors (Lipinski definition) is 2. The van der Waals surface area contributed by atoms with Crippen LogP contribution in [-0.4, -0.2) is 26.2 Å². The summed E-state index contributed by atoms with van der Waals surface area (Å²) in [6.45, 7) is 1.34. The Balaban J connectivity index is 3.11. The molecule has 0 spiro atoms. The maximum Gasteiger partial charge on any atom is 0.242 e. The normalized spacial score (nSPS) is 13.1. The minimum Gasteiger partial charge on any atom is -0.392 e. The van der Waals surface area contributed by atoms with Gasteiger partial charge in [-0.15, -0.1) is 0 Å². The molecule has 0 saturated heterocycles. The Labute approximate surface area is 105 Å². The molecule has 1 rings (SSSR count). The van der Waals surface area contributed by atoms with Gasteiger partial charge in [-0.3, -0.25) is 0 Å². The third-order valence-corrected chi connectivity index (χ3v) is 3.82. The summed E-state index contributed by atoms with van der Waals surface area (Å²) in [6, 6.07) is 5.79. The van der Waals surface area contributed by atoms with Crippen LogP contribution in [0.4, 0.5) is 0 Å². The van der Waals surface area contributed by atoms with E-state index in [2.05, 4.69) is 4.72 Å². The Hall–Kier alpha value is -1.13. The summed E-state index contributed by atoms with van der Waals surface area (Å²) in [6.07, 6.45) is -0.803. The SMILES string of the molecule is CC(O)CNS(=O)(=O)c1cc(C#N)ccc1Cl. The summed E-state index contributed by atoms with van der Waals surface area (Å²) < 4.78 is 25.8. The predicted octanol–water partition coefficient (Wildman–Crippen LogP) is 0.871. The van der Waals surface area contributed by atoms with Gasteiger partial charge in [-0.05, 0) is 25.1 Å². The molecule has 1 atom stereocenters. The molecule has 92 valence electrons. The average Bonchev–Trinajstić information content (AvgIpc) is 2.27. The highest BCUT2D eigenvalue weighted by Crippen LogP contribution is 2.22. The summed E-state index contributed by atoms with van der Waals surface area (Å²) in [5.74, 6) is 0. The van der Waals surface area contributed by atoms with Crippen molar-refractivity contribution in [3.05, 3.63) is 28.8 Å². The first kappa shape index (κ1) is 13.9. The highest BCUT2D eigenvalue weighted by Gasteiger charge is 2.18. The van der Waals surface area contributed by atoms with E-state index in [0.29, 0.717) is 0 Å². The lowest BCUT2D eigenvalue weighted by atomic mass is 10.2. The van der Waals surface area contributed by atoms with Gasteiger partial charge >= 0.3 is 0 Å². The summed E-state index contributed by atoms with van der Waals surface area (Å²) in [7, 11) is -3.81. The van der Waals surface area contributed by atoms with Gasteiger partial charge in [0.2, 0.25) is 10.0 Å². The van der Waals surface area contributed by atoms with Crippen molar-refractivity contribution in [2.45, 2.75) is 17.9 Å². The lowest BCUT2D eigenvalue weighted by Crippen LogP contribution is -2.30. The fraction of sp³-hybridized carbons (Fsp3) is 0.300. The third-order valence-electron chi connectivity index (χ3n) is 1.92. The topological polar surface area (TPSA) is 90.2 Å². The molecule has 0 radical (unpaired) electrons. The number of halogens is 1. The Morgan fingerprint density at radius 2 is 2.24 bits per heavy atom. The standard InChI is InChI=1S/C10H11ClN2O3S/c1-7(14)6-13-17(15,16)10-4-8(5-12)2-3-9(10)11/h2-4,7,13-14H,6H2,1H3. The highest BCUT2D eigenvalue weighted by molar-refractivity contribution is 7.89. The number of nitriles is 1. The van der Waals surface area contributed by atoms with E-state index < -0.39 is 16.1 Å². The number of nitrogens with one attached hydrogen (secondary N) is 1. The highest BCUT2D eigenvalue weighted by atomic mass is 35.5. The zero-order valence-corrected chi connectivity index (χ0v) is 10.6. The van der Waals surface area contributed by atoms with E-state index in [0.717, 1.165) is 0 Å². The number of aliphatic hydroxyl groups excluding tert-OH is 1. The molecular weight excluding hydrogens is 264 g/mol. The smallest absolute Gasteiger partial charge is 0.242 e. The molecule has 0 bridgehead atoms. The number of benzene rings is 1. The number of hydrogen-bond acceptors (Lipinski definition) is 4. The molecule has 1 aromatic rings. The molecule has 0 aliphatic rings. The van der Waals surface area contributed by atoms with Crippen LogP contribution in [0.25, 0.3) is 0 Å². The second-order valence-electron chi connectivity index (χ2n) is 3.46. The molecule has 0 heterocycles. The Kier molecular flexibility index (Phi) is 4.48. The first-order valence-corrected chi connectivity index (χ1v) is 6.60. The van der Waals surface area contributed by atoms with Gasteiger partial charge in [-0.2, -0.15) is 5.26 Å². The minimum absolute atomic E-state index is 0.0297. The van der Waals surface area contributed by atoms with Crippen LogP contribution in [0.2, 0.25) is 5.02 Å². The lowest BCUT2D eigenvalue weighted by molar-refractivity contribution is 0.198. The number of sulfonamides is 1. The van der Waals surface area contributed by atoms with Crippen molar-refractivity contribution >= 4 is 21.6 Å². The molecule has 0 aliphatic carbocycles. The first-order valence-electron chi connectivity index (χ1n) is 4.74. The number of nitrogens with zero attached hydrogens (tertiary/aromatic N) is 1. The third kappa shape index (κ3) is 3.68. The van der Waals surface area contributed by atoms with E-state index in [1.165, 1.54) is 25.1 Å². The van der Waals surface area contributed by atoms with Gasteiger partial charge < -0.3 is 5.11 Å². The van der Waals surface area contributed by atoms with Crippen molar-refractivity contribution in [2.75, 3.05) is 6.54 Å². The van der Waals surface area contributed by atoms with Crippen LogP contribution < -0.4 is 4.72 Å². The predicted molar refractivity (Wildman–Crippen MR) is 63.0 cm³/mol. The Morgan fingerprint density at radius 1 is 1.59 bits per heavy atom. The quantitative estimate of drug-likeness (QED) is 0.852. The molecule has 0 saturated carbocycles. The van der Waals surface area contributed by atoms with E-state index in [-0.39, 0.29) is 22.0 Å². The zero-order valence-electron chi connectivity index (χ0n) is 9.01. The van der Waals surface area contributed by atoms with Gasteiger partial charge in [0.05, 0.1) is 22.8 Å². The molecule has 17 heavy (non-hydrogen) atoms. The summed E-state index contributed by atoms with van der Waals surface area (Å²) in [5.41, 5.74) is 0.201. The largest absolute Gasteiger partial charge is 0.392 e. The van der Waals surface area contributed by atoms with Gasteiger partial charge in [0, 0.05) is 6.54 Å². The van der Waals surface area contributed by atoms with Crippen LogP contribution in [-0.2, 0) is 10.0 Å². The molecular formula is C10H11ClN2O3S. The van der Waals surface area contributed by atoms with Crippen LogP contribution in [0, 0.1) is 11.3 Å². The van der Waals surface area contributed by atoms with Crippen LogP contribution in [0.3, 0.4) is 0 Å². The second-order valence-corrected chi connectivity index (χ2v) is 5.60. The van der Waals surface area contributed by atoms with Crippen molar-refractivity contribution in [2.24, 2.45) is 0 Å². The van der Waals surface area contributed by atoms with Crippen molar-refractivity contribution < 1.29 is 13.5 Å². The monoisotopic (exact) mass is 274 g/mol. The fourth-order valence-corrected chi connectivity index (χ4v) is 2.73. The minimum atomic E-state index is -3.81. The number of aliphatic hydroxyl groups is 1. The van der Waals surface area contributed by atoms with E-state index in [9.17, 15) is 8.42 Å². The molecule has 1 aromatic carbocycles. The summed E-state index contributed by atoms with van der Waals surface area (Å²) in [5, 5.41) is 17.7. The molecule has 0 aromatic heterocycles. The van der Waals surface area contributed by atoms with Gasteiger partial charge in [-0.25, -0.2) is 13.1 Å². The lowest BCUT2D eigenvalue weighted by Gasteiger charge is -2.09. The zero-order chi connectivity index (χ0) is 13.1. The van der Waals surface area contributed by atoms with Crippen LogP contribution in [0.1, 0.15) is 12.5 Å². The molecule has 0 fully saturated rings. The van der Waals surface area contributed by atoms with Crippen LogP contribution in [0.15, 0.2) is 23.1 Å².